The van der Waals surface area contributed by atoms with E-state index >= 15 is 0 Å². The van der Waals surface area contributed by atoms with Gasteiger partial charge in [-0.05, 0) is 13.3 Å². The predicted octanol–water partition coefficient (Wildman–Crippen LogP) is 1.67. The van der Waals surface area contributed by atoms with Crippen molar-refractivity contribution in [2.24, 2.45) is 0 Å². The van der Waals surface area contributed by atoms with E-state index in [1.165, 1.54) is 0 Å². The molecule has 1 heterocycles. The normalized spacial score (nSPS) is 10.0. The van der Waals surface area contributed by atoms with Crippen molar-refractivity contribution in [1.29, 1.82) is 5.26 Å². The average Bonchev–Trinajstić information content (AvgIpc) is 2.30. The molecule has 0 radical (unpaired) electrons. The molecule has 0 fully saturated rings. The molecule has 5 heteroatoms. The molecule has 0 amide bonds. The third-order valence-corrected chi connectivity index (χ3v) is 2.60. The van der Waals surface area contributed by atoms with E-state index in [9.17, 15) is 0 Å². The highest BCUT2D eigenvalue weighted by Crippen LogP contribution is 2.21. The lowest BCUT2D eigenvalue weighted by molar-refractivity contribution is 0.808. The molecule has 0 saturated carbocycles. The third kappa shape index (κ3) is 3.31. The summed E-state index contributed by atoms with van der Waals surface area (Å²) in [5, 5.41) is 8.59. The van der Waals surface area contributed by atoms with Crippen LogP contribution >= 0.6 is 0 Å². The highest BCUT2D eigenvalue weighted by molar-refractivity contribution is 5.56. The van der Waals surface area contributed by atoms with Gasteiger partial charge in [0, 0.05) is 25.6 Å². The molecular formula is C12H19N5. The Labute approximate surface area is 102 Å². The zero-order chi connectivity index (χ0) is 12.8. The zero-order valence-electron chi connectivity index (χ0n) is 10.7. The summed E-state index contributed by atoms with van der Waals surface area (Å²) in [5.41, 5.74) is 6.76. The molecule has 1 aromatic heterocycles. The monoisotopic (exact) mass is 233 g/mol. The van der Waals surface area contributed by atoms with Crippen molar-refractivity contribution in [3.8, 4) is 6.07 Å². The van der Waals surface area contributed by atoms with Crippen LogP contribution in [0.2, 0.25) is 0 Å². The van der Waals surface area contributed by atoms with Gasteiger partial charge in [0.15, 0.2) is 0 Å². The number of hydrogen-bond donors (Lipinski definition) is 1. The quantitative estimate of drug-likeness (QED) is 0.836. The van der Waals surface area contributed by atoms with Gasteiger partial charge in [0.2, 0.25) is 0 Å². The van der Waals surface area contributed by atoms with Gasteiger partial charge in [-0.2, -0.15) is 5.26 Å². The summed E-state index contributed by atoms with van der Waals surface area (Å²) in [7, 11) is 1.92. The number of nitrogens with zero attached hydrogens (tertiary/aromatic N) is 4. The van der Waals surface area contributed by atoms with Crippen molar-refractivity contribution in [1.82, 2.24) is 9.97 Å². The van der Waals surface area contributed by atoms with Crippen molar-refractivity contribution >= 4 is 11.6 Å². The van der Waals surface area contributed by atoms with Gasteiger partial charge < -0.3 is 10.6 Å². The van der Waals surface area contributed by atoms with Crippen LogP contribution < -0.4 is 10.6 Å². The summed E-state index contributed by atoms with van der Waals surface area (Å²) >= 11 is 0. The molecule has 5 nitrogen and oxygen atoms in total. The van der Waals surface area contributed by atoms with Crippen LogP contribution in [0.1, 0.15) is 31.2 Å². The van der Waals surface area contributed by atoms with Gasteiger partial charge in [0.1, 0.15) is 17.5 Å². The van der Waals surface area contributed by atoms with Gasteiger partial charge in [-0.25, -0.2) is 9.97 Å². The molecule has 1 aromatic rings. The molecule has 2 N–H and O–H groups in total. The van der Waals surface area contributed by atoms with Crippen LogP contribution in [0.3, 0.4) is 0 Å². The van der Waals surface area contributed by atoms with Crippen molar-refractivity contribution in [3.05, 3.63) is 11.4 Å². The van der Waals surface area contributed by atoms with E-state index in [4.69, 9.17) is 11.0 Å². The molecule has 0 spiro atoms. The maximum Gasteiger partial charge on any atom is 0.137 e. The Morgan fingerprint density at radius 2 is 2.12 bits per heavy atom. The molecule has 0 aromatic carbocycles. The van der Waals surface area contributed by atoms with Crippen molar-refractivity contribution in [3.63, 3.8) is 0 Å². The molecule has 0 bridgehead atoms. The Morgan fingerprint density at radius 1 is 1.41 bits per heavy atom. The molecule has 0 aliphatic rings. The van der Waals surface area contributed by atoms with Crippen molar-refractivity contribution < 1.29 is 0 Å². The van der Waals surface area contributed by atoms with Gasteiger partial charge in [-0.15, -0.1) is 0 Å². The third-order valence-electron chi connectivity index (χ3n) is 2.60. The minimum absolute atomic E-state index is 0.475. The number of nitrogen functional groups attached to an aromatic ring is 1. The first-order chi connectivity index (χ1) is 8.10. The van der Waals surface area contributed by atoms with Gasteiger partial charge in [0.05, 0.1) is 12.5 Å². The lowest BCUT2D eigenvalue weighted by atomic mass is 10.2. The highest BCUT2D eigenvalue weighted by Gasteiger charge is 2.11. The van der Waals surface area contributed by atoms with Gasteiger partial charge in [-0.3, -0.25) is 0 Å². The summed E-state index contributed by atoms with van der Waals surface area (Å²) in [6, 6.07) is 2.13. The summed E-state index contributed by atoms with van der Waals surface area (Å²) in [5.74, 6) is 2.13. The van der Waals surface area contributed by atoms with E-state index in [0.717, 1.165) is 30.0 Å². The SMILES string of the molecule is CCCc1nc(N)c(C)c(N(C)CCC#N)n1. The first kappa shape index (κ1) is 13.2. The summed E-state index contributed by atoms with van der Waals surface area (Å²) in [6.07, 6.45) is 2.29. The summed E-state index contributed by atoms with van der Waals surface area (Å²) in [6.45, 7) is 4.64. The number of aromatic nitrogens is 2. The Bertz CT molecular complexity index is 422. The molecule has 0 saturated heterocycles. The van der Waals surface area contributed by atoms with Gasteiger partial charge >= 0.3 is 0 Å². The van der Waals surface area contributed by atoms with Crippen molar-refractivity contribution in [2.45, 2.75) is 33.1 Å². The average molecular weight is 233 g/mol. The van der Waals surface area contributed by atoms with E-state index in [1.807, 2.05) is 18.9 Å². The fourth-order valence-electron chi connectivity index (χ4n) is 1.60. The molecule has 0 unspecified atom stereocenters. The Kier molecular flexibility index (Phi) is 4.70. The topological polar surface area (TPSA) is 78.8 Å². The van der Waals surface area contributed by atoms with Gasteiger partial charge in [0.25, 0.3) is 0 Å². The number of nitrogens with two attached hydrogens (primary N) is 1. The number of rotatable bonds is 5. The smallest absolute Gasteiger partial charge is 0.137 e. The van der Waals surface area contributed by atoms with Crippen LogP contribution in [0.15, 0.2) is 0 Å². The number of anilines is 2. The van der Waals surface area contributed by atoms with Crippen LogP contribution in [0.4, 0.5) is 11.6 Å². The maximum atomic E-state index is 8.59. The zero-order valence-corrected chi connectivity index (χ0v) is 10.7. The molecular weight excluding hydrogens is 214 g/mol. The first-order valence-corrected chi connectivity index (χ1v) is 5.81. The van der Waals surface area contributed by atoms with Crippen LogP contribution in [-0.2, 0) is 6.42 Å². The molecule has 0 aliphatic heterocycles. The standard InChI is InChI=1S/C12H19N5/c1-4-6-10-15-11(14)9(2)12(16-10)17(3)8-5-7-13/h4-6,8H2,1-3H3,(H2,14,15,16). The van der Waals surface area contributed by atoms with E-state index < -0.39 is 0 Å². The van der Waals surface area contributed by atoms with E-state index in [0.29, 0.717) is 18.8 Å². The Morgan fingerprint density at radius 3 is 2.71 bits per heavy atom. The number of aryl methyl sites for hydroxylation is 1. The second-order valence-corrected chi connectivity index (χ2v) is 4.05. The summed E-state index contributed by atoms with van der Waals surface area (Å²) < 4.78 is 0. The van der Waals surface area contributed by atoms with E-state index in [2.05, 4.69) is 23.0 Å². The first-order valence-electron chi connectivity index (χ1n) is 5.81. The van der Waals surface area contributed by atoms with E-state index in [1.54, 1.807) is 0 Å². The second-order valence-electron chi connectivity index (χ2n) is 4.05. The van der Waals surface area contributed by atoms with E-state index in [-0.39, 0.29) is 0 Å². The van der Waals surface area contributed by atoms with Crippen LogP contribution in [-0.4, -0.2) is 23.6 Å². The Hall–Kier alpha value is -1.83. The lowest BCUT2D eigenvalue weighted by Gasteiger charge is -2.20. The second kappa shape index (κ2) is 6.04. The number of hydrogen-bond acceptors (Lipinski definition) is 5. The molecule has 0 aliphatic carbocycles. The van der Waals surface area contributed by atoms with Crippen LogP contribution in [0.25, 0.3) is 0 Å². The Balaban J connectivity index is 3.00. The number of nitriles is 1. The fourth-order valence-corrected chi connectivity index (χ4v) is 1.60. The minimum Gasteiger partial charge on any atom is -0.383 e. The molecule has 17 heavy (non-hydrogen) atoms. The summed E-state index contributed by atoms with van der Waals surface area (Å²) in [4.78, 5) is 10.7. The maximum absolute atomic E-state index is 8.59. The predicted molar refractivity (Wildman–Crippen MR) is 68.7 cm³/mol. The minimum atomic E-state index is 0.475. The molecule has 0 atom stereocenters. The highest BCUT2D eigenvalue weighted by atomic mass is 15.2. The van der Waals surface area contributed by atoms with Crippen LogP contribution in [0.5, 0.6) is 0 Å². The van der Waals surface area contributed by atoms with Crippen LogP contribution in [0, 0.1) is 18.3 Å². The fraction of sp³-hybridized carbons (Fsp3) is 0.583. The molecule has 92 valence electrons. The molecule has 1 rings (SSSR count). The van der Waals surface area contributed by atoms with Gasteiger partial charge in [-0.1, -0.05) is 6.92 Å². The van der Waals surface area contributed by atoms with Crippen molar-refractivity contribution in [2.75, 3.05) is 24.2 Å². The lowest BCUT2D eigenvalue weighted by Crippen LogP contribution is -2.22. The largest absolute Gasteiger partial charge is 0.383 e.